The lowest BCUT2D eigenvalue weighted by Gasteiger charge is -2.36. The first-order valence-corrected chi connectivity index (χ1v) is 11.4. The van der Waals surface area contributed by atoms with Gasteiger partial charge in [0.15, 0.2) is 5.65 Å². The number of aromatic nitrogens is 2. The molecule has 9 nitrogen and oxygen atoms in total. The standard InChI is InChI=1S/C23H24N4O5S/c1-3-32-22(29)16-15-24-20-19(9-6-10-27(20)21(16)28)33-23(30)26-13-11-25(12-14-26)17-7-4-5-8-18(17)31-2/h4-10,15H,3,11-14H2,1-2H3. The second-order valence-corrected chi connectivity index (χ2v) is 8.27. The van der Waals surface area contributed by atoms with Crippen molar-refractivity contribution in [2.24, 2.45) is 0 Å². The monoisotopic (exact) mass is 468 g/mol. The number of fused-ring (bicyclic) bond motifs is 1. The van der Waals surface area contributed by atoms with Gasteiger partial charge in [-0.2, -0.15) is 0 Å². The Morgan fingerprint density at radius 2 is 1.85 bits per heavy atom. The lowest BCUT2D eigenvalue weighted by molar-refractivity contribution is 0.0523. The normalized spacial score (nSPS) is 13.8. The molecule has 0 N–H and O–H groups in total. The van der Waals surface area contributed by atoms with Crippen LogP contribution in [0.25, 0.3) is 5.65 Å². The van der Waals surface area contributed by atoms with Gasteiger partial charge in [0.2, 0.25) is 0 Å². The highest BCUT2D eigenvalue weighted by Crippen LogP contribution is 2.30. The number of rotatable bonds is 5. The summed E-state index contributed by atoms with van der Waals surface area (Å²) >= 11 is 1.02. The molecule has 3 heterocycles. The number of piperazine rings is 1. The number of para-hydroxylation sites is 2. The first kappa shape index (κ1) is 22.7. The second kappa shape index (κ2) is 9.95. The van der Waals surface area contributed by atoms with Crippen LogP contribution in [0.2, 0.25) is 0 Å². The van der Waals surface area contributed by atoms with Crippen molar-refractivity contribution in [2.45, 2.75) is 11.8 Å². The van der Waals surface area contributed by atoms with Crippen LogP contribution in [0, 0.1) is 0 Å². The van der Waals surface area contributed by atoms with Crippen molar-refractivity contribution in [3.05, 3.63) is 64.7 Å². The number of anilines is 1. The molecule has 10 heteroatoms. The molecule has 0 saturated carbocycles. The van der Waals surface area contributed by atoms with Crippen LogP contribution in [0.3, 0.4) is 0 Å². The minimum absolute atomic E-state index is 0.119. The van der Waals surface area contributed by atoms with Crippen molar-refractivity contribution < 1.29 is 19.1 Å². The maximum Gasteiger partial charge on any atom is 0.345 e. The summed E-state index contributed by atoms with van der Waals surface area (Å²) in [5, 5.41) is -0.119. The van der Waals surface area contributed by atoms with Crippen LogP contribution < -0.4 is 15.2 Å². The molecule has 1 aliphatic rings. The maximum absolute atomic E-state index is 13.0. The molecular weight excluding hydrogens is 444 g/mol. The molecule has 1 fully saturated rings. The average molecular weight is 469 g/mol. The molecule has 33 heavy (non-hydrogen) atoms. The minimum Gasteiger partial charge on any atom is -0.495 e. The number of carbonyl (C=O) groups is 2. The van der Waals surface area contributed by atoms with Crippen molar-refractivity contribution in [1.82, 2.24) is 14.3 Å². The number of esters is 1. The van der Waals surface area contributed by atoms with E-state index >= 15 is 0 Å². The van der Waals surface area contributed by atoms with Gasteiger partial charge in [0.25, 0.3) is 10.8 Å². The topological polar surface area (TPSA) is 93.4 Å². The maximum atomic E-state index is 13.0. The van der Waals surface area contributed by atoms with Gasteiger partial charge in [-0.1, -0.05) is 12.1 Å². The predicted molar refractivity (Wildman–Crippen MR) is 125 cm³/mol. The van der Waals surface area contributed by atoms with Crippen LogP contribution in [0.1, 0.15) is 17.3 Å². The Labute approximate surface area is 194 Å². The van der Waals surface area contributed by atoms with Gasteiger partial charge in [0.05, 0.1) is 24.3 Å². The van der Waals surface area contributed by atoms with Gasteiger partial charge in [-0.3, -0.25) is 14.0 Å². The predicted octanol–water partition coefficient (Wildman–Crippen LogP) is 2.91. The summed E-state index contributed by atoms with van der Waals surface area (Å²) in [6, 6.07) is 11.2. The molecule has 1 aromatic carbocycles. The molecule has 0 radical (unpaired) electrons. The van der Waals surface area contributed by atoms with Crippen LogP contribution in [-0.4, -0.2) is 65.4 Å². The van der Waals surface area contributed by atoms with Gasteiger partial charge < -0.3 is 19.3 Å². The van der Waals surface area contributed by atoms with E-state index in [4.69, 9.17) is 9.47 Å². The molecule has 1 amide bonds. The molecule has 1 saturated heterocycles. The Kier molecular flexibility index (Phi) is 6.83. The van der Waals surface area contributed by atoms with Crippen molar-refractivity contribution in [3.63, 3.8) is 0 Å². The van der Waals surface area contributed by atoms with Crippen LogP contribution in [0.5, 0.6) is 5.75 Å². The van der Waals surface area contributed by atoms with E-state index in [0.29, 0.717) is 36.7 Å². The summed E-state index contributed by atoms with van der Waals surface area (Å²) in [5.41, 5.74) is 0.658. The molecule has 3 aromatic rings. The van der Waals surface area contributed by atoms with Gasteiger partial charge in [0.1, 0.15) is 11.3 Å². The van der Waals surface area contributed by atoms with E-state index in [1.807, 2.05) is 24.3 Å². The average Bonchev–Trinajstić information content (AvgIpc) is 2.85. The van der Waals surface area contributed by atoms with E-state index in [1.54, 1.807) is 31.1 Å². The summed E-state index contributed by atoms with van der Waals surface area (Å²) in [7, 11) is 1.65. The third-order valence-electron chi connectivity index (χ3n) is 5.35. The highest BCUT2D eigenvalue weighted by atomic mass is 32.2. The van der Waals surface area contributed by atoms with E-state index in [-0.39, 0.29) is 17.4 Å². The van der Waals surface area contributed by atoms with E-state index in [9.17, 15) is 14.4 Å². The number of pyridine rings is 1. The Hall–Kier alpha value is -3.53. The number of methoxy groups -OCH3 is 1. The van der Waals surface area contributed by atoms with Crippen molar-refractivity contribution in [3.8, 4) is 5.75 Å². The van der Waals surface area contributed by atoms with Gasteiger partial charge >= 0.3 is 5.97 Å². The first-order valence-electron chi connectivity index (χ1n) is 10.6. The molecule has 0 bridgehead atoms. The summed E-state index contributed by atoms with van der Waals surface area (Å²) in [4.78, 5) is 46.5. The molecule has 0 spiro atoms. The summed E-state index contributed by atoms with van der Waals surface area (Å²) in [6.07, 6.45) is 2.73. The molecule has 0 aliphatic carbocycles. The summed E-state index contributed by atoms with van der Waals surface area (Å²) < 4.78 is 11.6. The number of hydrogen-bond donors (Lipinski definition) is 0. The zero-order chi connectivity index (χ0) is 23.4. The quantitative estimate of drug-likeness (QED) is 0.417. The van der Waals surface area contributed by atoms with Crippen LogP contribution in [-0.2, 0) is 4.74 Å². The van der Waals surface area contributed by atoms with Crippen molar-refractivity contribution in [1.29, 1.82) is 0 Å². The number of thioether (sulfide) groups is 1. The number of amides is 1. The molecular formula is C23H24N4O5S. The summed E-state index contributed by atoms with van der Waals surface area (Å²) in [5.74, 6) is 0.0903. The van der Waals surface area contributed by atoms with Crippen molar-refractivity contribution >= 4 is 34.3 Å². The van der Waals surface area contributed by atoms with Gasteiger partial charge in [-0.05, 0) is 43.0 Å². The van der Waals surface area contributed by atoms with Crippen LogP contribution in [0.15, 0.2) is 58.5 Å². The fourth-order valence-corrected chi connectivity index (χ4v) is 4.58. The number of nitrogens with zero attached hydrogens (tertiary/aromatic N) is 4. The van der Waals surface area contributed by atoms with E-state index in [1.165, 1.54) is 16.8 Å². The largest absolute Gasteiger partial charge is 0.495 e. The van der Waals surface area contributed by atoms with Gasteiger partial charge in [-0.25, -0.2) is 9.78 Å². The number of hydrogen-bond acceptors (Lipinski definition) is 8. The lowest BCUT2D eigenvalue weighted by Crippen LogP contribution is -2.47. The number of benzene rings is 1. The Bertz CT molecular complexity index is 1240. The van der Waals surface area contributed by atoms with Gasteiger partial charge in [0, 0.05) is 38.6 Å². The number of ether oxygens (including phenoxy) is 2. The Morgan fingerprint density at radius 3 is 2.58 bits per heavy atom. The van der Waals surface area contributed by atoms with E-state index in [0.717, 1.165) is 23.2 Å². The van der Waals surface area contributed by atoms with Crippen molar-refractivity contribution in [2.75, 3.05) is 44.8 Å². The SMILES string of the molecule is CCOC(=O)c1cnc2c(SC(=O)N3CCN(c4ccccc4OC)CC3)cccn2c1=O. The fourth-order valence-electron chi connectivity index (χ4n) is 3.69. The minimum atomic E-state index is -0.716. The molecule has 1 aliphatic heterocycles. The molecule has 2 aromatic heterocycles. The molecule has 0 unspecified atom stereocenters. The molecule has 172 valence electrons. The van der Waals surface area contributed by atoms with E-state index < -0.39 is 11.5 Å². The zero-order valence-electron chi connectivity index (χ0n) is 18.4. The highest BCUT2D eigenvalue weighted by Gasteiger charge is 2.24. The van der Waals surface area contributed by atoms with E-state index in [2.05, 4.69) is 9.88 Å². The zero-order valence-corrected chi connectivity index (χ0v) is 19.2. The Balaban J connectivity index is 1.48. The van der Waals surface area contributed by atoms with Crippen LogP contribution in [0.4, 0.5) is 10.5 Å². The number of carbonyl (C=O) groups excluding carboxylic acids is 2. The second-order valence-electron chi connectivity index (χ2n) is 7.28. The highest BCUT2D eigenvalue weighted by molar-refractivity contribution is 8.13. The fraction of sp³-hybridized carbons (Fsp3) is 0.304. The Morgan fingerprint density at radius 1 is 1.09 bits per heavy atom. The smallest absolute Gasteiger partial charge is 0.345 e. The molecule has 0 atom stereocenters. The first-order chi connectivity index (χ1) is 16.0. The molecule has 4 rings (SSSR count). The summed E-state index contributed by atoms with van der Waals surface area (Å²) in [6.45, 7) is 4.33. The third-order valence-corrected chi connectivity index (χ3v) is 6.32. The lowest BCUT2D eigenvalue weighted by atomic mass is 10.2. The third kappa shape index (κ3) is 4.65. The van der Waals surface area contributed by atoms with Gasteiger partial charge in [-0.15, -0.1) is 0 Å². The van der Waals surface area contributed by atoms with Crippen LogP contribution >= 0.6 is 11.8 Å².